The Balaban J connectivity index is 0.00000338. The molecule has 0 spiro atoms. The summed E-state index contributed by atoms with van der Waals surface area (Å²) < 4.78 is 37.0. The fourth-order valence-corrected chi connectivity index (χ4v) is 3.06. The molecule has 0 aromatic heterocycles. The Morgan fingerprint density at radius 3 is 2.46 bits per heavy atom. The summed E-state index contributed by atoms with van der Waals surface area (Å²) in [5.74, 6) is 0.0675. The maximum atomic E-state index is 12.0. The summed E-state index contributed by atoms with van der Waals surface area (Å²) >= 11 is 0. The van der Waals surface area contributed by atoms with Crippen LogP contribution < -0.4 is 39.4 Å². The standard InChI is InChI=1S/C19H24O5S.Na/c1-2-3-4-5-6-8-15-11-12-18(20)19(13-15)24-16-9-7-10-17(14-16)25(21,22)23;/h7,9-14,20H,2-6,8H2,1H3,(H,21,22,23);/q;+1/p-1. The summed E-state index contributed by atoms with van der Waals surface area (Å²) in [7, 11) is -4.31. The first kappa shape index (κ1) is 23.0. The number of hydrogen-bond donors (Lipinski definition) is 1. The Morgan fingerprint density at radius 2 is 1.77 bits per heavy atom. The van der Waals surface area contributed by atoms with E-state index in [1.54, 1.807) is 12.1 Å². The average molecular weight is 386 g/mol. The van der Waals surface area contributed by atoms with E-state index in [1.165, 1.54) is 49.6 Å². The molecule has 0 radical (unpaired) electrons. The minimum atomic E-state index is -4.31. The number of rotatable bonds is 9. The van der Waals surface area contributed by atoms with Gasteiger partial charge in [-0.05, 0) is 36.6 Å². The zero-order valence-electron chi connectivity index (χ0n) is 15.3. The quantitative estimate of drug-likeness (QED) is 0.399. The molecule has 1 N–H and O–H groups in total. The van der Waals surface area contributed by atoms with Gasteiger partial charge in [-0.25, -0.2) is 0 Å². The van der Waals surface area contributed by atoms with Crippen LogP contribution in [0.15, 0.2) is 47.4 Å². The van der Waals surface area contributed by atoms with E-state index in [4.69, 9.17) is 9.29 Å². The first-order valence-electron chi connectivity index (χ1n) is 8.45. The van der Waals surface area contributed by atoms with Gasteiger partial charge in [0.05, 0.1) is 4.90 Å². The normalized spacial score (nSPS) is 11.0. The van der Waals surface area contributed by atoms with Crippen molar-refractivity contribution in [1.82, 2.24) is 0 Å². The zero-order chi connectivity index (χ0) is 18.3. The third-order valence-corrected chi connectivity index (χ3v) is 4.76. The van der Waals surface area contributed by atoms with Crippen molar-refractivity contribution in [3.05, 3.63) is 48.0 Å². The Bertz CT molecular complexity index is 805. The molecule has 0 aliphatic carbocycles. The van der Waals surface area contributed by atoms with Gasteiger partial charge in [0.25, 0.3) is 10.1 Å². The van der Waals surface area contributed by atoms with Gasteiger partial charge >= 0.3 is 29.6 Å². The van der Waals surface area contributed by atoms with E-state index in [-0.39, 0.29) is 51.7 Å². The SMILES string of the molecule is CCCCCCCc1ccc([O-])c(Oc2cccc(S(=O)(=O)O)c2)c1.[Na+]. The van der Waals surface area contributed by atoms with Crippen LogP contribution in [0.2, 0.25) is 0 Å². The minimum Gasteiger partial charge on any atom is -0.870 e. The number of ether oxygens (including phenoxy) is 1. The second kappa shape index (κ2) is 10.9. The van der Waals surface area contributed by atoms with Gasteiger partial charge in [0.1, 0.15) is 11.5 Å². The average Bonchev–Trinajstić information content (AvgIpc) is 2.57. The Labute approximate surface area is 177 Å². The van der Waals surface area contributed by atoms with Gasteiger partial charge in [0.2, 0.25) is 0 Å². The van der Waals surface area contributed by atoms with Crippen molar-refractivity contribution in [3.8, 4) is 17.2 Å². The Morgan fingerprint density at radius 1 is 1.04 bits per heavy atom. The van der Waals surface area contributed by atoms with E-state index in [0.717, 1.165) is 24.8 Å². The van der Waals surface area contributed by atoms with E-state index in [2.05, 4.69) is 6.92 Å². The van der Waals surface area contributed by atoms with Gasteiger partial charge in [-0.2, -0.15) is 8.42 Å². The Kier molecular flexibility index (Phi) is 9.68. The van der Waals surface area contributed by atoms with E-state index >= 15 is 0 Å². The topological polar surface area (TPSA) is 86.7 Å². The molecule has 2 aromatic rings. The molecule has 0 heterocycles. The molecule has 2 aromatic carbocycles. The third-order valence-electron chi connectivity index (χ3n) is 3.91. The van der Waals surface area contributed by atoms with E-state index in [9.17, 15) is 13.5 Å². The van der Waals surface area contributed by atoms with Gasteiger partial charge < -0.3 is 9.84 Å². The van der Waals surface area contributed by atoms with Crippen molar-refractivity contribution in [2.75, 3.05) is 0 Å². The molecule has 0 aliphatic heterocycles. The first-order valence-corrected chi connectivity index (χ1v) is 9.89. The summed E-state index contributed by atoms with van der Waals surface area (Å²) in [6, 6.07) is 10.4. The van der Waals surface area contributed by atoms with Crippen LogP contribution in [-0.4, -0.2) is 13.0 Å². The van der Waals surface area contributed by atoms with Crippen molar-refractivity contribution in [3.63, 3.8) is 0 Å². The molecule has 7 heteroatoms. The largest absolute Gasteiger partial charge is 1.00 e. The molecule has 0 atom stereocenters. The van der Waals surface area contributed by atoms with Crippen LogP contribution in [0.1, 0.15) is 44.6 Å². The third kappa shape index (κ3) is 7.29. The maximum Gasteiger partial charge on any atom is 1.00 e. The molecular formula is C19H23NaO5S. The van der Waals surface area contributed by atoms with Crippen molar-refractivity contribution in [1.29, 1.82) is 0 Å². The summed E-state index contributed by atoms with van der Waals surface area (Å²) in [6.45, 7) is 2.17. The van der Waals surface area contributed by atoms with E-state index < -0.39 is 10.1 Å². The fourth-order valence-electron chi connectivity index (χ4n) is 2.55. The molecule has 0 fully saturated rings. The maximum absolute atomic E-state index is 12.0. The van der Waals surface area contributed by atoms with Gasteiger partial charge in [-0.1, -0.05) is 56.6 Å². The predicted octanol–water partition coefficient (Wildman–Crippen LogP) is 1.32. The van der Waals surface area contributed by atoms with Crippen molar-refractivity contribution >= 4 is 10.1 Å². The van der Waals surface area contributed by atoms with Crippen molar-refractivity contribution < 1.29 is 52.4 Å². The number of unbranched alkanes of at least 4 members (excludes halogenated alkanes) is 4. The summed E-state index contributed by atoms with van der Waals surface area (Å²) in [4.78, 5) is -0.274. The molecule has 2 rings (SSSR count). The van der Waals surface area contributed by atoms with Gasteiger partial charge in [-0.15, -0.1) is 0 Å². The molecule has 0 saturated carbocycles. The van der Waals surface area contributed by atoms with Gasteiger partial charge in [0.15, 0.2) is 0 Å². The molecule has 5 nitrogen and oxygen atoms in total. The monoisotopic (exact) mass is 386 g/mol. The van der Waals surface area contributed by atoms with Crippen LogP contribution in [0.4, 0.5) is 0 Å². The summed E-state index contributed by atoms with van der Waals surface area (Å²) in [5.41, 5.74) is 1.01. The number of aryl methyl sites for hydroxylation is 1. The molecule has 26 heavy (non-hydrogen) atoms. The number of hydrogen-bond acceptors (Lipinski definition) is 4. The Hall–Kier alpha value is -1.05. The first-order chi connectivity index (χ1) is 11.9. The van der Waals surface area contributed by atoms with Crippen LogP contribution >= 0.6 is 0 Å². The fraction of sp³-hybridized carbons (Fsp3) is 0.368. The molecular weight excluding hydrogens is 363 g/mol. The van der Waals surface area contributed by atoms with Crippen molar-refractivity contribution in [2.45, 2.75) is 50.3 Å². The second-order valence-electron chi connectivity index (χ2n) is 6.00. The van der Waals surface area contributed by atoms with Crippen LogP contribution in [0.5, 0.6) is 17.2 Å². The smallest absolute Gasteiger partial charge is 0.870 e. The van der Waals surface area contributed by atoms with Crippen molar-refractivity contribution in [2.24, 2.45) is 0 Å². The predicted molar refractivity (Wildman–Crippen MR) is 94.7 cm³/mol. The van der Waals surface area contributed by atoms with E-state index in [0.29, 0.717) is 0 Å². The zero-order valence-corrected chi connectivity index (χ0v) is 18.1. The van der Waals surface area contributed by atoms with Crippen LogP contribution in [0, 0.1) is 0 Å². The summed E-state index contributed by atoms with van der Waals surface area (Å²) in [6.07, 6.45) is 6.71. The van der Waals surface area contributed by atoms with Gasteiger partial charge in [0, 0.05) is 6.07 Å². The molecule has 136 valence electrons. The van der Waals surface area contributed by atoms with Crippen LogP contribution in [0.25, 0.3) is 0 Å². The number of benzene rings is 2. The van der Waals surface area contributed by atoms with Gasteiger partial charge in [-0.3, -0.25) is 4.55 Å². The summed E-state index contributed by atoms with van der Waals surface area (Å²) in [5, 5.41) is 12.0. The van der Waals surface area contributed by atoms with E-state index in [1.807, 2.05) is 0 Å². The molecule has 0 amide bonds. The molecule has 0 bridgehead atoms. The van der Waals surface area contributed by atoms with Crippen LogP contribution in [-0.2, 0) is 16.5 Å². The van der Waals surface area contributed by atoms with Crippen LogP contribution in [0.3, 0.4) is 0 Å². The molecule has 0 aliphatic rings. The molecule has 0 unspecified atom stereocenters. The molecule has 0 saturated heterocycles. The second-order valence-corrected chi connectivity index (χ2v) is 7.42. The minimum absolute atomic E-state index is 0.